The van der Waals surface area contributed by atoms with E-state index in [-0.39, 0.29) is 16.2 Å². The van der Waals surface area contributed by atoms with E-state index in [0.29, 0.717) is 0 Å². The minimum absolute atomic E-state index is 0.0864. The van der Waals surface area contributed by atoms with Gasteiger partial charge in [-0.3, -0.25) is 0 Å². The number of benzene rings is 7. The highest BCUT2D eigenvalue weighted by atomic mass is 32.2. The van der Waals surface area contributed by atoms with Gasteiger partial charge in [-0.2, -0.15) is 0 Å². The summed E-state index contributed by atoms with van der Waals surface area (Å²) in [6.07, 6.45) is 0. The molecule has 0 radical (unpaired) electrons. The maximum absolute atomic E-state index is 7.22. The Hall–Kier alpha value is -4.96. The van der Waals surface area contributed by atoms with Gasteiger partial charge in [0.2, 0.25) is 0 Å². The molecule has 4 aliphatic rings. The van der Waals surface area contributed by atoms with Gasteiger partial charge in [0.15, 0.2) is 0 Å². The third-order valence-electron chi connectivity index (χ3n) is 12.8. The molecule has 2 heterocycles. The van der Waals surface area contributed by atoms with Crippen LogP contribution >= 0.6 is 23.5 Å². The van der Waals surface area contributed by atoms with Crippen LogP contribution in [0.4, 0.5) is 0 Å². The summed E-state index contributed by atoms with van der Waals surface area (Å²) in [5, 5.41) is 0. The minimum Gasteiger partial charge on any atom is -0.455 e. The number of hydrogen-bond acceptors (Lipinski definition) is 3. The first-order valence-electron chi connectivity index (χ1n) is 19.0. The summed E-state index contributed by atoms with van der Waals surface area (Å²) in [7, 11) is 0. The predicted octanol–water partition coefficient (Wildman–Crippen LogP) is 14.7. The Morgan fingerprint density at radius 2 is 0.944 bits per heavy atom. The molecule has 3 heteroatoms. The van der Waals surface area contributed by atoms with Gasteiger partial charge in [0, 0.05) is 63.6 Å². The van der Waals surface area contributed by atoms with Crippen molar-refractivity contribution in [1.82, 2.24) is 0 Å². The van der Waals surface area contributed by atoms with Gasteiger partial charge >= 0.3 is 0 Å². The van der Waals surface area contributed by atoms with Gasteiger partial charge in [-0.1, -0.05) is 168 Å². The fraction of sp³-hybridized carbons (Fsp3) is 0.176. The molecule has 2 aliphatic carbocycles. The van der Waals surface area contributed by atoms with E-state index in [1.54, 1.807) is 0 Å². The largest absolute Gasteiger partial charge is 0.455 e. The van der Waals surface area contributed by atoms with E-state index in [2.05, 4.69) is 175 Å². The summed E-state index contributed by atoms with van der Waals surface area (Å²) in [5.41, 5.74) is 17.6. The molecular weight excluding hydrogens is 693 g/mol. The van der Waals surface area contributed by atoms with Gasteiger partial charge in [-0.25, -0.2) is 0 Å². The zero-order valence-corrected chi connectivity index (χ0v) is 33.1. The van der Waals surface area contributed by atoms with Gasteiger partial charge in [0.05, 0.1) is 0 Å². The van der Waals surface area contributed by atoms with Crippen LogP contribution in [0, 0.1) is 0 Å². The lowest BCUT2D eigenvalue weighted by Crippen LogP contribution is -2.25. The Balaban J connectivity index is 1.01. The Labute approximate surface area is 326 Å². The average molecular weight is 733 g/mol. The molecule has 0 saturated heterocycles. The number of ether oxygens (including phenoxy) is 1. The number of para-hydroxylation sites is 1. The quantitative estimate of drug-likeness (QED) is 0.175. The molecule has 1 nitrogen and oxygen atoms in total. The van der Waals surface area contributed by atoms with Crippen molar-refractivity contribution >= 4 is 23.5 Å². The molecule has 2 aliphatic heterocycles. The second-order valence-electron chi connectivity index (χ2n) is 16.9. The van der Waals surface area contributed by atoms with Crippen LogP contribution in [0.25, 0.3) is 44.5 Å². The van der Waals surface area contributed by atoms with E-state index in [9.17, 15) is 0 Å². The predicted molar refractivity (Wildman–Crippen MR) is 226 cm³/mol. The highest BCUT2D eigenvalue weighted by molar-refractivity contribution is 8.05. The van der Waals surface area contributed by atoms with Crippen molar-refractivity contribution in [3.8, 4) is 56.0 Å². The van der Waals surface area contributed by atoms with Crippen molar-refractivity contribution < 1.29 is 4.74 Å². The van der Waals surface area contributed by atoms with Gasteiger partial charge in [0.25, 0.3) is 0 Å². The van der Waals surface area contributed by atoms with E-state index < -0.39 is 0 Å². The highest BCUT2D eigenvalue weighted by Gasteiger charge is 2.43. The Bertz CT molecular complexity index is 2780. The van der Waals surface area contributed by atoms with Crippen LogP contribution < -0.4 is 4.74 Å². The molecule has 54 heavy (non-hydrogen) atoms. The molecule has 0 unspecified atom stereocenters. The van der Waals surface area contributed by atoms with Gasteiger partial charge < -0.3 is 4.74 Å². The first-order chi connectivity index (χ1) is 26.0. The lowest BCUT2D eigenvalue weighted by atomic mass is 9.73. The van der Waals surface area contributed by atoms with Gasteiger partial charge in [0.1, 0.15) is 11.5 Å². The molecule has 262 valence electrons. The highest BCUT2D eigenvalue weighted by Crippen LogP contribution is 2.61. The smallest absolute Gasteiger partial charge is 0.139 e. The summed E-state index contributed by atoms with van der Waals surface area (Å²) in [6, 6.07) is 50.0. The summed E-state index contributed by atoms with van der Waals surface area (Å²) in [6.45, 7) is 14.2. The second-order valence-corrected chi connectivity index (χ2v) is 19.0. The van der Waals surface area contributed by atoms with Crippen LogP contribution in [0.15, 0.2) is 153 Å². The van der Waals surface area contributed by atoms with Crippen LogP contribution in [0.5, 0.6) is 11.5 Å². The fourth-order valence-corrected chi connectivity index (χ4v) is 12.2. The molecule has 0 saturated carbocycles. The minimum atomic E-state index is -0.230. The molecule has 11 rings (SSSR count). The van der Waals surface area contributed by atoms with E-state index in [1.165, 1.54) is 91.9 Å². The molecule has 0 aromatic heterocycles. The lowest BCUT2D eigenvalue weighted by Gasteiger charge is -2.37. The SMILES string of the molecule is CC1(C)c2cccc(-c3cccc(-c4ccc5c(c4)C(C)(C)c4ccc6c(c4-5)Sc4ccccc4S6)c3)c2Oc2c1ccc1c2-c2ccccc2C1(C)C. The van der Waals surface area contributed by atoms with Crippen molar-refractivity contribution in [3.63, 3.8) is 0 Å². The monoisotopic (exact) mass is 732 g/mol. The number of hydrogen-bond donors (Lipinski definition) is 0. The topological polar surface area (TPSA) is 9.23 Å². The average Bonchev–Trinajstić information content (AvgIpc) is 3.56. The summed E-state index contributed by atoms with van der Waals surface area (Å²) in [5.74, 6) is 1.98. The van der Waals surface area contributed by atoms with Crippen molar-refractivity contribution in [1.29, 1.82) is 0 Å². The normalized spacial score (nSPS) is 16.8. The maximum Gasteiger partial charge on any atom is 0.139 e. The first-order valence-corrected chi connectivity index (χ1v) is 20.6. The zero-order chi connectivity index (χ0) is 36.7. The molecule has 0 spiro atoms. The second kappa shape index (κ2) is 11.1. The molecule has 7 aromatic carbocycles. The maximum atomic E-state index is 7.22. The third-order valence-corrected chi connectivity index (χ3v) is 15.4. The molecule has 0 atom stereocenters. The van der Waals surface area contributed by atoms with Gasteiger partial charge in [-0.05, 0) is 80.4 Å². The van der Waals surface area contributed by atoms with Crippen LogP contribution in [0.2, 0.25) is 0 Å². The van der Waals surface area contributed by atoms with E-state index in [4.69, 9.17) is 4.74 Å². The summed E-state index contributed by atoms with van der Waals surface area (Å²) in [4.78, 5) is 5.45. The molecule has 0 amide bonds. The van der Waals surface area contributed by atoms with Crippen LogP contribution in [-0.4, -0.2) is 0 Å². The molecular formula is C51H40OS2. The molecule has 0 bridgehead atoms. The van der Waals surface area contributed by atoms with Crippen LogP contribution in [0.1, 0.15) is 74.9 Å². The van der Waals surface area contributed by atoms with Crippen LogP contribution in [-0.2, 0) is 16.2 Å². The molecule has 7 aromatic rings. The Morgan fingerprint density at radius 3 is 1.80 bits per heavy atom. The van der Waals surface area contributed by atoms with Crippen molar-refractivity contribution in [3.05, 3.63) is 167 Å². The zero-order valence-electron chi connectivity index (χ0n) is 31.4. The Morgan fingerprint density at radius 1 is 0.370 bits per heavy atom. The number of fused-ring (bicyclic) bond motifs is 12. The van der Waals surface area contributed by atoms with Gasteiger partial charge in [-0.15, -0.1) is 0 Å². The van der Waals surface area contributed by atoms with E-state index in [0.717, 1.165) is 17.1 Å². The fourth-order valence-electron chi connectivity index (χ4n) is 9.82. The van der Waals surface area contributed by atoms with Crippen molar-refractivity contribution in [2.24, 2.45) is 0 Å². The first kappa shape index (κ1) is 32.5. The third kappa shape index (κ3) is 4.31. The molecule has 0 fully saturated rings. The molecule has 0 N–H and O–H groups in total. The van der Waals surface area contributed by atoms with Crippen LogP contribution in [0.3, 0.4) is 0 Å². The van der Waals surface area contributed by atoms with Crippen molar-refractivity contribution in [2.75, 3.05) is 0 Å². The lowest BCUT2D eigenvalue weighted by molar-refractivity contribution is 0.420. The van der Waals surface area contributed by atoms with Crippen molar-refractivity contribution in [2.45, 2.75) is 77.4 Å². The summed E-state index contributed by atoms with van der Waals surface area (Å²) >= 11 is 3.83. The summed E-state index contributed by atoms with van der Waals surface area (Å²) < 4.78 is 7.22. The standard InChI is InChI=1S/C51H40OS2/c1-49(2)35-17-8-7-15-33(35)44-36(49)23-24-39-47(44)52-46-32(16-12-18-38(46)51(39,5)6)31-14-11-13-29(27-31)30-21-22-34-40(28-30)50(3,4)37-25-26-43-48(45(34)37)54-42-20-10-9-19-41(42)53-43/h7-28H,1-6H3. The number of rotatable bonds is 2. The van der Waals surface area contributed by atoms with E-state index in [1.807, 2.05) is 23.5 Å². The Kier molecular flexibility index (Phi) is 6.65. The van der Waals surface area contributed by atoms with E-state index >= 15 is 0 Å².